The Balaban J connectivity index is 1.57. The van der Waals surface area contributed by atoms with Crippen molar-refractivity contribution in [3.8, 4) is 5.75 Å². The van der Waals surface area contributed by atoms with Gasteiger partial charge in [-0.25, -0.2) is 0 Å². The normalized spacial score (nSPS) is 10.3. The van der Waals surface area contributed by atoms with Gasteiger partial charge in [-0.1, -0.05) is 40.2 Å². The molecule has 0 aliphatic carbocycles. The summed E-state index contributed by atoms with van der Waals surface area (Å²) < 4.78 is 6.66. The fourth-order valence-electron chi connectivity index (χ4n) is 1.96. The molecule has 1 N–H and O–H groups in total. The highest BCUT2D eigenvalue weighted by Crippen LogP contribution is 2.15. The molecule has 0 heterocycles. The van der Waals surface area contributed by atoms with Crippen LogP contribution in [0.4, 0.5) is 0 Å². The van der Waals surface area contributed by atoms with Gasteiger partial charge in [-0.2, -0.15) is 0 Å². The monoisotopic (exact) mass is 393 g/mol. The van der Waals surface area contributed by atoms with Crippen LogP contribution >= 0.6 is 27.7 Å². The number of thioether (sulfide) groups is 1. The van der Waals surface area contributed by atoms with E-state index in [9.17, 15) is 4.79 Å². The Morgan fingerprint density at radius 2 is 2.00 bits per heavy atom. The van der Waals surface area contributed by atoms with E-state index in [1.807, 2.05) is 43.3 Å². The van der Waals surface area contributed by atoms with Crippen molar-refractivity contribution >= 4 is 33.6 Å². The first-order chi connectivity index (χ1) is 11.1. The Labute approximate surface area is 149 Å². The molecule has 3 nitrogen and oxygen atoms in total. The van der Waals surface area contributed by atoms with Gasteiger partial charge in [0.2, 0.25) is 5.91 Å². The number of hydrogen-bond acceptors (Lipinski definition) is 3. The minimum atomic E-state index is 0.0416. The number of nitrogens with one attached hydrogen (secondary N) is 1. The third-order valence-corrected chi connectivity index (χ3v) is 4.63. The number of aryl methyl sites for hydroxylation is 1. The number of ether oxygens (including phenoxy) is 1. The molecule has 2 rings (SSSR count). The highest BCUT2D eigenvalue weighted by Gasteiger charge is 2.02. The molecule has 1 amide bonds. The van der Waals surface area contributed by atoms with E-state index in [1.54, 1.807) is 11.8 Å². The molecule has 122 valence electrons. The summed E-state index contributed by atoms with van der Waals surface area (Å²) in [6, 6.07) is 16.0. The van der Waals surface area contributed by atoms with Crippen molar-refractivity contribution in [3.05, 3.63) is 64.1 Å². The van der Waals surface area contributed by atoms with Crippen LogP contribution in [0.15, 0.2) is 53.0 Å². The molecule has 0 saturated heterocycles. The van der Waals surface area contributed by atoms with Gasteiger partial charge in [0.1, 0.15) is 12.4 Å². The molecular weight excluding hydrogens is 374 g/mol. The maximum absolute atomic E-state index is 11.8. The Bertz CT molecular complexity index is 631. The number of amides is 1. The zero-order chi connectivity index (χ0) is 16.5. The van der Waals surface area contributed by atoms with Crippen LogP contribution in [-0.4, -0.2) is 24.8 Å². The number of carbonyl (C=O) groups is 1. The van der Waals surface area contributed by atoms with Gasteiger partial charge in [0.15, 0.2) is 0 Å². The minimum absolute atomic E-state index is 0.0416. The second-order valence-corrected chi connectivity index (χ2v) is 7.04. The fraction of sp³-hybridized carbons (Fsp3) is 0.278. The smallest absolute Gasteiger partial charge is 0.230 e. The van der Waals surface area contributed by atoms with E-state index >= 15 is 0 Å². The van der Waals surface area contributed by atoms with Crippen molar-refractivity contribution in [2.45, 2.75) is 12.7 Å². The molecule has 0 aromatic heterocycles. The quantitative estimate of drug-likeness (QED) is 0.683. The van der Waals surface area contributed by atoms with E-state index in [2.05, 4.69) is 33.4 Å². The average Bonchev–Trinajstić information content (AvgIpc) is 2.54. The molecule has 0 fully saturated rings. The van der Waals surface area contributed by atoms with E-state index in [4.69, 9.17) is 4.74 Å². The topological polar surface area (TPSA) is 38.3 Å². The number of rotatable bonds is 8. The molecule has 0 aliphatic heterocycles. The Kier molecular flexibility index (Phi) is 7.49. The number of hydrogen-bond donors (Lipinski definition) is 1. The summed E-state index contributed by atoms with van der Waals surface area (Å²) in [5.41, 5.74) is 2.38. The third kappa shape index (κ3) is 7.10. The molecule has 5 heteroatoms. The lowest BCUT2D eigenvalue weighted by Crippen LogP contribution is -2.29. The van der Waals surface area contributed by atoms with Crippen LogP contribution in [0, 0.1) is 6.92 Å². The van der Waals surface area contributed by atoms with Crippen LogP contribution < -0.4 is 10.1 Å². The molecular formula is C18H20BrNO2S. The Hall–Kier alpha value is -1.46. The van der Waals surface area contributed by atoms with E-state index in [-0.39, 0.29) is 5.91 Å². The van der Waals surface area contributed by atoms with Crippen molar-refractivity contribution in [1.29, 1.82) is 0 Å². The van der Waals surface area contributed by atoms with Gasteiger partial charge in [-0.15, -0.1) is 11.8 Å². The summed E-state index contributed by atoms with van der Waals surface area (Å²) in [6.07, 6.45) is 0. The first kappa shape index (κ1) is 17.9. The SMILES string of the molecule is Cc1cccc(OCCNC(=O)CSCc2ccc(Br)cc2)c1. The molecule has 0 radical (unpaired) electrons. The van der Waals surface area contributed by atoms with E-state index in [1.165, 1.54) is 5.56 Å². The molecule has 0 spiro atoms. The van der Waals surface area contributed by atoms with Gasteiger partial charge >= 0.3 is 0 Å². The van der Waals surface area contributed by atoms with Crippen LogP contribution in [0.1, 0.15) is 11.1 Å². The number of halogens is 1. The van der Waals surface area contributed by atoms with Crippen LogP contribution in [0.5, 0.6) is 5.75 Å². The summed E-state index contributed by atoms with van der Waals surface area (Å²) >= 11 is 5.02. The van der Waals surface area contributed by atoms with Crippen molar-refractivity contribution in [1.82, 2.24) is 5.32 Å². The van der Waals surface area contributed by atoms with Crippen molar-refractivity contribution in [3.63, 3.8) is 0 Å². The van der Waals surface area contributed by atoms with Gasteiger partial charge in [-0.3, -0.25) is 4.79 Å². The van der Waals surface area contributed by atoms with E-state index < -0.39 is 0 Å². The number of carbonyl (C=O) groups excluding carboxylic acids is 1. The molecule has 0 atom stereocenters. The number of benzene rings is 2. The van der Waals surface area contributed by atoms with Crippen molar-refractivity contribution < 1.29 is 9.53 Å². The van der Waals surface area contributed by atoms with Gasteiger partial charge in [-0.05, 0) is 42.3 Å². The highest BCUT2D eigenvalue weighted by atomic mass is 79.9. The maximum atomic E-state index is 11.8. The summed E-state index contributed by atoms with van der Waals surface area (Å²) in [5.74, 6) is 2.17. The summed E-state index contributed by atoms with van der Waals surface area (Å²) in [6.45, 7) is 3.02. The van der Waals surface area contributed by atoms with Crippen LogP contribution in [0.25, 0.3) is 0 Å². The molecule has 0 saturated carbocycles. The van der Waals surface area contributed by atoms with Crippen molar-refractivity contribution in [2.24, 2.45) is 0 Å². The zero-order valence-electron chi connectivity index (χ0n) is 13.0. The predicted molar refractivity (Wildman–Crippen MR) is 100.0 cm³/mol. The lowest BCUT2D eigenvalue weighted by molar-refractivity contribution is -0.118. The lowest BCUT2D eigenvalue weighted by Gasteiger charge is -2.08. The van der Waals surface area contributed by atoms with Crippen LogP contribution in [0.3, 0.4) is 0 Å². The third-order valence-electron chi connectivity index (χ3n) is 3.10. The molecule has 0 bridgehead atoms. The first-order valence-corrected chi connectivity index (χ1v) is 9.36. The molecule has 0 aliphatic rings. The average molecular weight is 394 g/mol. The van der Waals surface area contributed by atoms with Crippen LogP contribution in [-0.2, 0) is 10.5 Å². The molecule has 2 aromatic rings. The highest BCUT2D eigenvalue weighted by molar-refractivity contribution is 9.10. The summed E-state index contributed by atoms with van der Waals surface area (Å²) in [5, 5.41) is 2.87. The Morgan fingerprint density at radius 3 is 2.74 bits per heavy atom. The van der Waals surface area contributed by atoms with Gasteiger partial charge in [0, 0.05) is 10.2 Å². The van der Waals surface area contributed by atoms with Gasteiger partial charge < -0.3 is 10.1 Å². The van der Waals surface area contributed by atoms with Gasteiger partial charge in [0.05, 0.1) is 12.3 Å². The molecule has 23 heavy (non-hydrogen) atoms. The summed E-state index contributed by atoms with van der Waals surface area (Å²) in [4.78, 5) is 11.8. The predicted octanol–water partition coefficient (Wildman–Crippen LogP) is 4.19. The standard InChI is InChI=1S/C18H20BrNO2S/c1-14-3-2-4-17(11-14)22-10-9-20-18(21)13-23-12-15-5-7-16(19)8-6-15/h2-8,11H,9-10,12-13H2,1H3,(H,20,21). The Morgan fingerprint density at radius 1 is 1.22 bits per heavy atom. The first-order valence-electron chi connectivity index (χ1n) is 7.42. The minimum Gasteiger partial charge on any atom is -0.492 e. The van der Waals surface area contributed by atoms with Gasteiger partial charge in [0.25, 0.3) is 0 Å². The zero-order valence-corrected chi connectivity index (χ0v) is 15.5. The van der Waals surface area contributed by atoms with E-state index in [0.29, 0.717) is 18.9 Å². The fourth-order valence-corrected chi connectivity index (χ4v) is 3.04. The second kappa shape index (κ2) is 9.63. The second-order valence-electron chi connectivity index (χ2n) is 5.13. The molecule has 2 aromatic carbocycles. The summed E-state index contributed by atoms with van der Waals surface area (Å²) in [7, 11) is 0. The largest absolute Gasteiger partial charge is 0.492 e. The van der Waals surface area contributed by atoms with Crippen molar-refractivity contribution in [2.75, 3.05) is 18.9 Å². The van der Waals surface area contributed by atoms with E-state index in [0.717, 1.165) is 21.5 Å². The maximum Gasteiger partial charge on any atom is 0.230 e. The van der Waals surface area contributed by atoms with Crippen LogP contribution in [0.2, 0.25) is 0 Å². The molecule has 0 unspecified atom stereocenters. The lowest BCUT2D eigenvalue weighted by atomic mass is 10.2.